The third kappa shape index (κ3) is 3.61. The summed E-state index contributed by atoms with van der Waals surface area (Å²) < 4.78 is 48.5. The van der Waals surface area contributed by atoms with Gasteiger partial charge in [-0.15, -0.1) is 0 Å². The molecule has 0 bridgehead atoms. The molecule has 0 aromatic rings. The van der Waals surface area contributed by atoms with E-state index in [4.69, 9.17) is 5.73 Å². The third-order valence-electron chi connectivity index (χ3n) is 2.80. The highest BCUT2D eigenvalue weighted by molar-refractivity contribution is 4.82. The minimum Gasteiger partial charge on any atom is -0.327 e. The van der Waals surface area contributed by atoms with E-state index < -0.39 is 18.9 Å². The van der Waals surface area contributed by atoms with Crippen LogP contribution < -0.4 is 11.1 Å². The highest BCUT2D eigenvalue weighted by atomic mass is 19.3. The maximum atomic E-state index is 12.5. The lowest BCUT2D eigenvalue weighted by Crippen LogP contribution is -2.42. The van der Waals surface area contributed by atoms with Crippen LogP contribution in [0.3, 0.4) is 0 Å². The van der Waals surface area contributed by atoms with Crippen LogP contribution in [0.15, 0.2) is 0 Å². The Labute approximate surface area is 86.2 Å². The molecule has 0 aromatic carbocycles. The second-order valence-corrected chi connectivity index (χ2v) is 4.05. The van der Waals surface area contributed by atoms with Gasteiger partial charge in [0.1, 0.15) is 0 Å². The minimum absolute atomic E-state index is 0.0117. The number of hydrogen-bond donors (Lipinski definition) is 2. The van der Waals surface area contributed by atoms with Crippen molar-refractivity contribution in [3.63, 3.8) is 0 Å². The van der Waals surface area contributed by atoms with Gasteiger partial charge in [-0.2, -0.15) is 8.78 Å². The van der Waals surface area contributed by atoms with Gasteiger partial charge in [-0.25, -0.2) is 8.78 Å². The first-order valence-corrected chi connectivity index (χ1v) is 5.06. The number of nitrogens with two attached hydrogens (primary N) is 1. The van der Waals surface area contributed by atoms with Gasteiger partial charge in [0.25, 0.3) is 0 Å². The highest BCUT2D eigenvalue weighted by Gasteiger charge is 2.40. The van der Waals surface area contributed by atoms with Crippen molar-refractivity contribution in [3.05, 3.63) is 0 Å². The molecule has 0 aliphatic heterocycles. The average molecular weight is 228 g/mol. The number of alkyl halides is 4. The molecule has 0 amide bonds. The molecule has 0 spiro atoms. The van der Waals surface area contributed by atoms with Gasteiger partial charge in [-0.05, 0) is 25.3 Å². The maximum Gasteiger partial charge on any atom is 0.319 e. The Bertz CT molecular complexity index is 199. The summed E-state index contributed by atoms with van der Waals surface area (Å²) in [5, 5.41) is 2.37. The molecule has 0 heterocycles. The fourth-order valence-corrected chi connectivity index (χ4v) is 1.82. The van der Waals surface area contributed by atoms with Gasteiger partial charge in [-0.1, -0.05) is 6.42 Å². The SMILES string of the molecule is NC1CCCC1CNCC(F)(F)C(F)F. The molecule has 2 unspecified atom stereocenters. The molecular weight excluding hydrogens is 212 g/mol. The molecule has 15 heavy (non-hydrogen) atoms. The smallest absolute Gasteiger partial charge is 0.319 e. The van der Waals surface area contributed by atoms with E-state index in [9.17, 15) is 17.6 Å². The van der Waals surface area contributed by atoms with Gasteiger partial charge in [-0.3, -0.25) is 0 Å². The van der Waals surface area contributed by atoms with Crippen molar-refractivity contribution in [1.29, 1.82) is 0 Å². The average Bonchev–Trinajstić information content (AvgIpc) is 2.51. The zero-order valence-electron chi connectivity index (χ0n) is 8.36. The third-order valence-corrected chi connectivity index (χ3v) is 2.80. The van der Waals surface area contributed by atoms with E-state index in [2.05, 4.69) is 5.32 Å². The molecule has 0 radical (unpaired) electrons. The first kappa shape index (κ1) is 12.7. The summed E-state index contributed by atoms with van der Waals surface area (Å²) >= 11 is 0. The van der Waals surface area contributed by atoms with E-state index in [0.29, 0.717) is 6.54 Å². The van der Waals surface area contributed by atoms with Crippen molar-refractivity contribution in [2.24, 2.45) is 11.7 Å². The van der Waals surface area contributed by atoms with Crippen LogP contribution in [0.25, 0.3) is 0 Å². The molecular formula is C9H16F4N2. The van der Waals surface area contributed by atoms with Gasteiger partial charge in [0.2, 0.25) is 0 Å². The van der Waals surface area contributed by atoms with Crippen LogP contribution in [-0.4, -0.2) is 31.5 Å². The molecule has 1 rings (SSSR count). The molecule has 0 saturated heterocycles. The predicted molar refractivity (Wildman–Crippen MR) is 49.1 cm³/mol. The minimum atomic E-state index is -3.94. The summed E-state index contributed by atoms with van der Waals surface area (Å²) in [5.74, 6) is -3.80. The molecule has 6 heteroatoms. The molecule has 3 N–H and O–H groups in total. The summed E-state index contributed by atoms with van der Waals surface area (Å²) in [6.07, 6.45) is -0.854. The summed E-state index contributed by atoms with van der Waals surface area (Å²) in [6, 6.07) is 0.0117. The molecule has 1 fully saturated rings. The molecule has 1 saturated carbocycles. The standard InChI is InChI=1S/C9H16F4N2/c10-8(11)9(12,13)5-15-4-6-2-1-3-7(6)14/h6-8,15H,1-5,14H2. The predicted octanol–water partition coefficient (Wildman–Crippen LogP) is 1.60. The Hall–Kier alpha value is -0.360. The maximum absolute atomic E-state index is 12.5. The van der Waals surface area contributed by atoms with E-state index >= 15 is 0 Å². The molecule has 1 aliphatic rings. The quantitative estimate of drug-likeness (QED) is 0.701. The summed E-state index contributed by atoms with van der Waals surface area (Å²) in [7, 11) is 0. The van der Waals surface area contributed by atoms with Crippen molar-refractivity contribution < 1.29 is 17.6 Å². The Morgan fingerprint density at radius 2 is 2.00 bits per heavy atom. The topological polar surface area (TPSA) is 38.0 Å². The number of hydrogen-bond acceptors (Lipinski definition) is 2. The molecule has 0 aromatic heterocycles. The summed E-state index contributed by atoms with van der Waals surface area (Å²) in [4.78, 5) is 0. The zero-order chi connectivity index (χ0) is 11.5. The lowest BCUT2D eigenvalue weighted by atomic mass is 10.0. The fraction of sp³-hybridized carbons (Fsp3) is 1.00. The number of nitrogens with one attached hydrogen (secondary N) is 1. The number of rotatable bonds is 5. The first-order valence-electron chi connectivity index (χ1n) is 5.06. The normalized spacial score (nSPS) is 27.6. The van der Waals surface area contributed by atoms with E-state index in [1.807, 2.05) is 0 Å². The van der Waals surface area contributed by atoms with Crippen molar-refractivity contribution in [1.82, 2.24) is 5.32 Å². The van der Waals surface area contributed by atoms with Crippen LogP contribution in [0.5, 0.6) is 0 Å². The summed E-state index contributed by atoms with van der Waals surface area (Å²) in [5.41, 5.74) is 5.71. The van der Waals surface area contributed by atoms with Gasteiger partial charge >= 0.3 is 12.3 Å². The Balaban J connectivity index is 2.21. The second-order valence-electron chi connectivity index (χ2n) is 4.05. The lowest BCUT2D eigenvalue weighted by molar-refractivity contribution is -0.125. The van der Waals surface area contributed by atoms with Gasteiger partial charge < -0.3 is 11.1 Å². The molecule has 2 nitrogen and oxygen atoms in total. The second kappa shape index (κ2) is 5.12. The molecule has 2 atom stereocenters. The van der Waals surface area contributed by atoms with Crippen LogP contribution in [-0.2, 0) is 0 Å². The molecule has 90 valence electrons. The van der Waals surface area contributed by atoms with Crippen molar-refractivity contribution in [3.8, 4) is 0 Å². The van der Waals surface area contributed by atoms with E-state index in [0.717, 1.165) is 19.3 Å². The van der Waals surface area contributed by atoms with Crippen LogP contribution in [0.1, 0.15) is 19.3 Å². The van der Waals surface area contributed by atoms with Crippen LogP contribution in [0.2, 0.25) is 0 Å². The van der Waals surface area contributed by atoms with Crippen LogP contribution >= 0.6 is 0 Å². The number of halogens is 4. The van der Waals surface area contributed by atoms with Gasteiger partial charge in [0, 0.05) is 6.04 Å². The van der Waals surface area contributed by atoms with Crippen molar-refractivity contribution in [2.45, 2.75) is 37.7 Å². The van der Waals surface area contributed by atoms with E-state index in [1.54, 1.807) is 0 Å². The highest BCUT2D eigenvalue weighted by Crippen LogP contribution is 2.24. The van der Waals surface area contributed by atoms with Crippen molar-refractivity contribution in [2.75, 3.05) is 13.1 Å². The first-order chi connectivity index (χ1) is 6.93. The Morgan fingerprint density at radius 3 is 2.47 bits per heavy atom. The Kier molecular flexibility index (Phi) is 4.33. The molecule has 1 aliphatic carbocycles. The van der Waals surface area contributed by atoms with Crippen LogP contribution in [0, 0.1) is 5.92 Å². The van der Waals surface area contributed by atoms with Gasteiger partial charge in [0.05, 0.1) is 6.54 Å². The monoisotopic (exact) mass is 228 g/mol. The Morgan fingerprint density at radius 1 is 1.33 bits per heavy atom. The summed E-state index contributed by atoms with van der Waals surface area (Å²) in [6.45, 7) is -0.683. The van der Waals surface area contributed by atoms with E-state index in [-0.39, 0.29) is 12.0 Å². The fourth-order valence-electron chi connectivity index (χ4n) is 1.82. The lowest BCUT2D eigenvalue weighted by Gasteiger charge is -2.19. The largest absolute Gasteiger partial charge is 0.327 e. The van der Waals surface area contributed by atoms with Crippen molar-refractivity contribution >= 4 is 0 Å². The van der Waals surface area contributed by atoms with Crippen LogP contribution in [0.4, 0.5) is 17.6 Å². The van der Waals surface area contributed by atoms with E-state index in [1.165, 1.54) is 0 Å². The zero-order valence-corrected chi connectivity index (χ0v) is 8.36. The van der Waals surface area contributed by atoms with Gasteiger partial charge in [0.15, 0.2) is 0 Å².